The maximum absolute atomic E-state index is 13.6. The molecule has 0 spiro atoms. The Kier molecular flexibility index (Phi) is 13.2. The molecule has 48 heavy (non-hydrogen) atoms. The van der Waals surface area contributed by atoms with Gasteiger partial charge in [0.2, 0.25) is 0 Å². The number of anilines is 2. The van der Waals surface area contributed by atoms with Gasteiger partial charge in [0.15, 0.2) is 0 Å². The van der Waals surface area contributed by atoms with E-state index in [-0.39, 0.29) is 12.5 Å². The van der Waals surface area contributed by atoms with Crippen molar-refractivity contribution in [3.63, 3.8) is 0 Å². The van der Waals surface area contributed by atoms with Crippen LogP contribution in [-0.2, 0) is 21.8 Å². The Morgan fingerprint density at radius 1 is 1.02 bits per heavy atom. The quantitative estimate of drug-likeness (QED) is 0.0873. The van der Waals surface area contributed by atoms with Crippen LogP contribution in [0.2, 0.25) is 0 Å². The van der Waals surface area contributed by atoms with Crippen molar-refractivity contribution >= 4 is 35.1 Å². The van der Waals surface area contributed by atoms with Crippen molar-refractivity contribution in [1.82, 2.24) is 9.55 Å². The number of carbonyl (C=O) groups is 1. The molecule has 1 aliphatic rings. The summed E-state index contributed by atoms with van der Waals surface area (Å²) in [7, 11) is 0. The van der Waals surface area contributed by atoms with E-state index in [9.17, 15) is 9.90 Å². The molecule has 0 saturated heterocycles. The van der Waals surface area contributed by atoms with Gasteiger partial charge in [-0.25, -0.2) is 4.98 Å². The lowest BCUT2D eigenvalue weighted by atomic mass is 10.00. The number of rotatable bonds is 17. The summed E-state index contributed by atoms with van der Waals surface area (Å²) in [4.78, 5) is 21.5. The molecule has 0 aliphatic carbocycles. The average Bonchev–Trinajstić information content (AvgIpc) is 3.46. The minimum atomic E-state index is -0.0793. The van der Waals surface area contributed by atoms with Gasteiger partial charge in [0.25, 0.3) is 5.91 Å². The van der Waals surface area contributed by atoms with Crippen molar-refractivity contribution in [3.8, 4) is 16.9 Å². The maximum Gasteiger partial charge on any atom is 0.251 e. The number of unbranched alkanes of at least 4 members (excludes halogenated alkanes) is 1. The van der Waals surface area contributed by atoms with Gasteiger partial charge in [-0.1, -0.05) is 45.4 Å². The highest BCUT2D eigenvalue weighted by atomic mass is 32.2. The maximum atomic E-state index is 13.6. The molecular weight excluding hydrogens is 621 g/mol. The molecule has 0 atom stereocenters. The molecule has 0 saturated carbocycles. The zero-order chi connectivity index (χ0) is 33.7. The van der Waals surface area contributed by atoms with E-state index < -0.39 is 0 Å². The largest absolute Gasteiger partial charge is 0.491 e. The Morgan fingerprint density at radius 2 is 1.81 bits per heavy atom. The molecule has 4 aromatic rings. The summed E-state index contributed by atoms with van der Waals surface area (Å²) in [5.74, 6) is 2.86. The Bertz CT molecular complexity index is 1630. The van der Waals surface area contributed by atoms with Crippen molar-refractivity contribution in [2.24, 2.45) is 5.92 Å². The van der Waals surface area contributed by atoms with Crippen molar-refractivity contribution in [1.29, 1.82) is 0 Å². The van der Waals surface area contributed by atoms with Crippen LogP contribution >= 0.6 is 11.8 Å². The molecule has 2 heterocycles. The van der Waals surface area contributed by atoms with E-state index in [0.29, 0.717) is 37.9 Å². The van der Waals surface area contributed by atoms with Crippen molar-refractivity contribution in [2.45, 2.75) is 57.2 Å². The van der Waals surface area contributed by atoms with Gasteiger partial charge >= 0.3 is 0 Å². The zero-order valence-corrected chi connectivity index (χ0v) is 29.2. The third-order valence-corrected chi connectivity index (χ3v) is 9.18. The Hall–Kier alpha value is -4.05. The van der Waals surface area contributed by atoms with Gasteiger partial charge in [-0.15, -0.1) is 11.8 Å². The third kappa shape index (κ3) is 9.98. The van der Waals surface area contributed by atoms with E-state index in [1.54, 1.807) is 18.0 Å². The predicted molar refractivity (Wildman–Crippen MR) is 197 cm³/mol. The van der Waals surface area contributed by atoms with Crippen LogP contribution in [0.4, 0.5) is 11.4 Å². The van der Waals surface area contributed by atoms with Gasteiger partial charge in [0, 0.05) is 60.5 Å². The Morgan fingerprint density at radius 3 is 2.56 bits per heavy atom. The van der Waals surface area contributed by atoms with Crippen LogP contribution in [0.3, 0.4) is 0 Å². The molecule has 0 radical (unpaired) electrons. The number of nitrogens with zero attached hydrogens (tertiary/aromatic N) is 3. The van der Waals surface area contributed by atoms with Crippen molar-refractivity contribution in [3.05, 3.63) is 96.1 Å². The van der Waals surface area contributed by atoms with Crippen molar-refractivity contribution < 1.29 is 19.4 Å². The molecule has 1 amide bonds. The summed E-state index contributed by atoms with van der Waals surface area (Å²) in [5.41, 5.74) is 5.92. The first-order valence-corrected chi connectivity index (χ1v) is 18.0. The first-order valence-electron chi connectivity index (χ1n) is 17.0. The SMILES string of the molecule is CCCCOCCOc1ccc(-c2ccc3c(c2)C=C(C(=O)Nc2ccc(SCc4nccn4CCO)cc2)CCN3CC(C)C)cc1. The number of thioether (sulfide) groups is 1. The summed E-state index contributed by atoms with van der Waals surface area (Å²) >= 11 is 1.67. The number of aromatic nitrogens is 2. The first kappa shape index (κ1) is 35.3. The second kappa shape index (κ2) is 17.9. The smallest absolute Gasteiger partial charge is 0.251 e. The molecule has 5 rings (SSSR count). The number of ether oxygens (including phenoxy) is 2. The normalized spacial score (nSPS) is 12.9. The van der Waals surface area contributed by atoms with E-state index in [1.807, 2.05) is 47.2 Å². The fourth-order valence-corrected chi connectivity index (χ4v) is 6.54. The minimum absolute atomic E-state index is 0.0793. The number of fused-ring (bicyclic) bond motifs is 1. The molecule has 0 unspecified atom stereocenters. The Balaban J connectivity index is 1.26. The lowest BCUT2D eigenvalue weighted by molar-refractivity contribution is -0.112. The van der Waals surface area contributed by atoms with Gasteiger partial charge in [-0.2, -0.15) is 0 Å². The fraction of sp³-hybridized carbons (Fsp3) is 0.385. The monoisotopic (exact) mass is 668 g/mol. The van der Waals surface area contributed by atoms with Crippen LogP contribution in [0.5, 0.6) is 5.75 Å². The number of imidazole rings is 1. The highest BCUT2D eigenvalue weighted by Gasteiger charge is 2.21. The van der Waals surface area contributed by atoms with E-state index in [0.717, 1.165) is 82.6 Å². The van der Waals surface area contributed by atoms with Crippen LogP contribution in [0.15, 0.2) is 89.6 Å². The van der Waals surface area contributed by atoms with Gasteiger partial charge in [-0.3, -0.25) is 4.79 Å². The van der Waals surface area contributed by atoms with E-state index in [2.05, 4.69) is 72.4 Å². The highest BCUT2D eigenvalue weighted by Crippen LogP contribution is 2.34. The van der Waals surface area contributed by atoms with E-state index in [1.165, 1.54) is 0 Å². The molecule has 8 nitrogen and oxygen atoms in total. The van der Waals surface area contributed by atoms with Crippen LogP contribution in [-0.4, -0.2) is 60.1 Å². The van der Waals surface area contributed by atoms with Crippen LogP contribution in [0.25, 0.3) is 17.2 Å². The number of nitrogens with one attached hydrogen (secondary N) is 1. The lowest BCUT2D eigenvalue weighted by Gasteiger charge is -2.27. The fourth-order valence-electron chi connectivity index (χ4n) is 5.68. The van der Waals surface area contributed by atoms with Crippen LogP contribution in [0.1, 0.15) is 51.4 Å². The van der Waals surface area contributed by atoms with Gasteiger partial charge in [0.1, 0.15) is 18.2 Å². The van der Waals surface area contributed by atoms with Crippen LogP contribution in [0, 0.1) is 5.92 Å². The third-order valence-electron chi connectivity index (χ3n) is 8.18. The standard InChI is InChI=1S/C39H48N4O4S/c1-4-5-22-46-23-24-47-35-11-6-30(7-12-35)31-8-15-37-33(25-31)26-32(16-18-43(37)27-29(2)3)39(45)41-34-9-13-36(14-10-34)48-28-38-40-17-19-42(38)20-21-44/h6-15,17,19,25-26,29,44H,4-5,16,18,20-24,27-28H2,1-3H3,(H,41,45). The van der Waals surface area contributed by atoms with E-state index in [4.69, 9.17) is 9.47 Å². The number of benzene rings is 3. The molecule has 1 aliphatic heterocycles. The summed E-state index contributed by atoms with van der Waals surface area (Å²) in [6.45, 7) is 10.8. The molecule has 1 aromatic heterocycles. The second-order valence-electron chi connectivity index (χ2n) is 12.4. The molecule has 0 fully saturated rings. The Labute approximate surface area is 289 Å². The first-order chi connectivity index (χ1) is 23.4. The number of aliphatic hydroxyl groups excluding tert-OH is 1. The molecule has 2 N–H and O–H groups in total. The molecular formula is C39H48N4O4S. The summed E-state index contributed by atoms with van der Waals surface area (Å²) in [5, 5.41) is 12.4. The second-order valence-corrected chi connectivity index (χ2v) is 13.4. The van der Waals surface area contributed by atoms with Gasteiger partial charge < -0.3 is 29.4 Å². The number of hydrogen-bond donors (Lipinski definition) is 2. The van der Waals surface area contributed by atoms with E-state index >= 15 is 0 Å². The number of aliphatic hydroxyl groups is 1. The summed E-state index contributed by atoms with van der Waals surface area (Å²) < 4.78 is 13.4. The predicted octanol–water partition coefficient (Wildman–Crippen LogP) is 7.92. The summed E-state index contributed by atoms with van der Waals surface area (Å²) in [6, 6.07) is 22.7. The average molecular weight is 669 g/mol. The van der Waals surface area contributed by atoms with Crippen molar-refractivity contribution in [2.75, 3.05) is 49.7 Å². The minimum Gasteiger partial charge on any atom is -0.491 e. The van der Waals surface area contributed by atoms with Gasteiger partial charge in [-0.05, 0) is 90.1 Å². The topological polar surface area (TPSA) is 88.8 Å². The molecule has 0 bridgehead atoms. The zero-order valence-electron chi connectivity index (χ0n) is 28.4. The highest BCUT2D eigenvalue weighted by molar-refractivity contribution is 7.98. The number of hydrogen-bond acceptors (Lipinski definition) is 7. The number of amides is 1. The molecule has 254 valence electrons. The molecule has 9 heteroatoms. The number of carbonyl (C=O) groups excluding carboxylic acids is 1. The molecule has 3 aromatic carbocycles. The summed E-state index contributed by atoms with van der Waals surface area (Å²) in [6.07, 6.45) is 8.56. The van der Waals surface area contributed by atoms with Crippen LogP contribution < -0.4 is 15.0 Å². The lowest BCUT2D eigenvalue weighted by Crippen LogP contribution is -2.29. The van der Waals surface area contributed by atoms with Gasteiger partial charge in [0.05, 0.1) is 19.0 Å².